The van der Waals surface area contributed by atoms with Gasteiger partial charge in [0.05, 0.1) is 12.1 Å². The van der Waals surface area contributed by atoms with E-state index in [1.54, 1.807) is 18.3 Å². The molecule has 1 fully saturated rings. The number of hydrogen-bond acceptors (Lipinski definition) is 5. The Balaban J connectivity index is 1.52. The van der Waals surface area contributed by atoms with Gasteiger partial charge in [-0.1, -0.05) is 0 Å². The average Bonchev–Trinajstić information content (AvgIpc) is 2.51. The van der Waals surface area contributed by atoms with Crippen molar-refractivity contribution >= 4 is 16.7 Å². The Labute approximate surface area is 131 Å². The quantitative estimate of drug-likeness (QED) is 0.733. The molecule has 3 aromatic rings. The van der Waals surface area contributed by atoms with E-state index in [2.05, 4.69) is 20.0 Å². The van der Waals surface area contributed by atoms with E-state index in [9.17, 15) is 9.18 Å². The van der Waals surface area contributed by atoms with E-state index in [0.29, 0.717) is 18.0 Å². The summed E-state index contributed by atoms with van der Waals surface area (Å²) >= 11 is 0. The Hall–Kier alpha value is -2.83. The van der Waals surface area contributed by atoms with Crippen LogP contribution >= 0.6 is 0 Å². The molecule has 116 valence electrons. The number of anilines is 1. The number of hydrogen-bond donors (Lipinski definition) is 0. The second-order valence-electron chi connectivity index (χ2n) is 5.67. The molecule has 0 unspecified atom stereocenters. The molecule has 1 aliphatic rings. The largest absolute Gasteiger partial charge is 0.355 e. The molecule has 2 aromatic heterocycles. The van der Waals surface area contributed by atoms with Gasteiger partial charge in [0.2, 0.25) is 0 Å². The molecule has 1 aliphatic heterocycles. The number of fused-ring (bicyclic) bond motifs is 1. The fraction of sp³-hybridized carbons (Fsp3) is 0.250. The molecule has 0 N–H and O–H groups in total. The number of nitrogens with zero attached hydrogens (tertiary/aromatic N) is 5. The Morgan fingerprint density at radius 2 is 2.09 bits per heavy atom. The molecular weight excluding hydrogens is 297 g/mol. The molecule has 0 bridgehead atoms. The molecule has 6 nitrogen and oxygen atoms in total. The van der Waals surface area contributed by atoms with Gasteiger partial charge in [-0.15, -0.1) is 0 Å². The van der Waals surface area contributed by atoms with Crippen molar-refractivity contribution in [1.29, 1.82) is 0 Å². The Morgan fingerprint density at radius 1 is 1.22 bits per heavy atom. The zero-order chi connectivity index (χ0) is 15.8. The molecule has 1 saturated heterocycles. The van der Waals surface area contributed by atoms with Crippen molar-refractivity contribution in [2.24, 2.45) is 5.92 Å². The summed E-state index contributed by atoms with van der Waals surface area (Å²) in [6, 6.07) is 7.68. The lowest BCUT2D eigenvalue weighted by molar-refractivity contribution is 0.333. The SMILES string of the molecule is O=c1cccnn1CC1CN(c2ncnc3cc(F)ccc23)C1. The van der Waals surface area contributed by atoms with Crippen molar-refractivity contribution in [2.75, 3.05) is 18.0 Å². The normalized spacial score (nSPS) is 14.9. The van der Waals surface area contributed by atoms with Crippen molar-refractivity contribution in [1.82, 2.24) is 19.7 Å². The molecule has 0 radical (unpaired) electrons. The van der Waals surface area contributed by atoms with Crippen LogP contribution in [0.1, 0.15) is 0 Å². The highest BCUT2D eigenvalue weighted by atomic mass is 19.1. The van der Waals surface area contributed by atoms with E-state index in [4.69, 9.17) is 0 Å². The van der Waals surface area contributed by atoms with Gasteiger partial charge in [-0.05, 0) is 18.2 Å². The second kappa shape index (κ2) is 5.42. The number of rotatable bonds is 3. The molecule has 0 atom stereocenters. The third-order valence-corrected chi connectivity index (χ3v) is 4.05. The molecule has 3 heterocycles. The summed E-state index contributed by atoms with van der Waals surface area (Å²) in [6.07, 6.45) is 3.07. The third kappa shape index (κ3) is 2.54. The maximum Gasteiger partial charge on any atom is 0.266 e. The summed E-state index contributed by atoms with van der Waals surface area (Å²) in [5.41, 5.74) is 0.508. The van der Waals surface area contributed by atoms with Crippen molar-refractivity contribution in [3.05, 3.63) is 59.0 Å². The number of halogens is 1. The van der Waals surface area contributed by atoms with Gasteiger partial charge in [0.25, 0.3) is 5.56 Å². The summed E-state index contributed by atoms with van der Waals surface area (Å²) in [6.45, 7) is 2.16. The van der Waals surface area contributed by atoms with Gasteiger partial charge >= 0.3 is 0 Å². The first kappa shape index (κ1) is 13.8. The summed E-state index contributed by atoms with van der Waals surface area (Å²) in [5, 5.41) is 4.91. The summed E-state index contributed by atoms with van der Waals surface area (Å²) < 4.78 is 14.8. The highest BCUT2D eigenvalue weighted by molar-refractivity contribution is 5.89. The van der Waals surface area contributed by atoms with Gasteiger partial charge < -0.3 is 4.90 Å². The monoisotopic (exact) mass is 311 g/mol. The summed E-state index contributed by atoms with van der Waals surface area (Å²) in [5.74, 6) is 0.839. The number of aromatic nitrogens is 4. The zero-order valence-corrected chi connectivity index (χ0v) is 12.3. The lowest BCUT2D eigenvalue weighted by atomic mass is 9.99. The Bertz CT molecular complexity index is 919. The second-order valence-corrected chi connectivity index (χ2v) is 5.67. The van der Waals surface area contributed by atoms with Crippen molar-refractivity contribution in [3.8, 4) is 0 Å². The van der Waals surface area contributed by atoms with E-state index in [-0.39, 0.29) is 11.4 Å². The molecule has 4 rings (SSSR count). The van der Waals surface area contributed by atoms with Crippen LogP contribution in [0.15, 0.2) is 47.7 Å². The lowest BCUT2D eigenvalue weighted by Crippen LogP contribution is -2.50. The average molecular weight is 311 g/mol. The van der Waals surface area contributed by atoms with Crippen LogP contribution in [0.4, 0.5) is 10.2 Å². The summed E-state index contributed by atoms with van der Waals surface area (Å²) in [4.78, 5) is 22.2. The van der Waals surface area contributed by atoms with E-state index < -0.39 is 0 Å². The van der Waals surface area contributed by atoms with E-state index in [0.717, 1.165) is 24.3 Å². The molecular formula is C16H14FN5O. The molecule has 7 heteroatoms. The van der Waals surface area contributed by atoms with Crippen LogP contribution in [-0.4, -0.2) is 32.8 Å². The van der Waals surface area contributed by atoms with Gasteiger partial charge in [0, 0.05) is 42.7 Å². The van der Waals surface area contributed by atoms with Gasteiger partial charge in [-0.25, -0.2) is 19.0 Å². The highest BCUT2D eigenvalue weighted by Crippen LogP contribution is 2.29. The first-order valence-corrected chi connectivity index (χ1v) is 7.38. The van der Waals surface area contributed by atoms with Crippen LogP contribution in [0.5, 0.6) is 0 Å². The Morgan fingerprint density at radius 3 is 2.91 bits per heavy atom. The van der Waals surface area contributed by atoms with Crippen LogP contribution in [-0.2, 0) is 6.54 Å². The van der Waals surface area contributed by atoms with Crippen molar-refractivity contribution in [2.45, 2.75) is 6.54 Å². The molecule has 0 spiro atoms. The van der Waals surface area contributed by atoms with Gasteiger partial charge in [-0.2, -0.15) is 5.10 Å². The van der Waals surface area contributed by atoms with Crippen LogP contribution in [0, 0.1) is 11.7 Å². The van der Waals surface area contributed by atoms with Crippen molar-refractivity contribution in [3.63, 3.8) is 0 Å². The predicted octanol–water partition coefficient (Wildman–Crippen LogP) is 1.46. The van der Waals surface area contributed by atoms with E-state index in [1.165, 1.54) is 29.2 Å². The minimum atomic E-state index is -0.307. The first-order chi connectivity index (χ1) is 11.2. The predicted molar refractivity (Wildman–Crippen MR) is 83.7 cm³/mol. The minimum absolute atomic E-state index is 0.0890. The molecule has 23 heavy (non-hydrogen) atoms. The molecule has 0 amide bonds. The minimum Gasteiger partial charge on any atom is -0.355 e. The van der Waals surface area contributed by atoms with Gasteiger partial charge in [-0.3, -0.25) is 4.79 Å². The topological polar surface area (TPSA) is 63.9 Å². The highest BCUT2D eigenvalue weighted by Gasteiger charge is 2.29. The maximum atomic E-state index is 13.3. The third-order valence-electron chi connectivity index (χ3n) is 4.05. The van der Waals surface area contributed by atoms with E-state index in [1.807, 2.05) is 0 Å². The maximum absolute atomic E-state index is 13.3. The van der Waals surface area contributed by atoms with Gasteiger partial charge in [0.1, 0.15) is 18.0 Å². The van der Waals surface area contributed by atoms with Gasteiger partial charge in [0.15, 0.2) is 0 Å². The molecule has 0 aliphatic carbocycles. The van der Waals surface area contributed by atoms with Crippen LogP contribution in [0.3, 0.4) is 0 Å². The standard InChI is InChI=1S/C16H14FN5O/c17-12-3-4-13-14(6-12)18-10-19-16(13)21-7-11(8-21)9-22-15(23)2-1-5-20-22/h1-6,10-11H,7-9H2. The first-order valence-electron chi connectivity index (χ1n) is 7.38. The fourth-order valence-electron chi connectivity index (χ4n) is 2.90. The van der Waals surface area contributed by atoms with Crippen molar-refractivity contribution < 1.29 is 4.39 Å². The molecule has 1 aromatic carbocycles. The lowest BCUT2D eigenvalue weighted by Gasteiger charge is -2.40. The number of benzene rings is 1. The zero-order valence-electron chi connectivity index (χ0n) is 12.3. The van der Waals surface area contributed by atoms with Crippen LogP contribution in [0.25, 0.3) is 10.9 Å². The van der Waals surface area contributed by atoms with Crippen LogP contribution < -0.4 is 10.5 Å². The Kier molecular flexibility index (Phi) is 3.25. The molecule has 0 saturated carbocycles. The smallest absolute Gasteiger partial charge is 0.266 e. The summed E-state index contributed by atoms with van der Waals surface area (Å²) in [7, 11) is 0. The fourth-order valence-corrected chi connectivity index (χ4v) is 2.90. The van der Waals surface area contributed by atoms with E-state index >= 15 is 0 Å². The van der Waals surface area contributed by atoms with Crippen LogP contribution in [0.2, 0.25) is 0 Å².